The van der Waals surface area contributed by atoms with Crippen LogP contribution in [0.3, 0.4) is 0 Å². The maximum absolute atomic E-state index is 4.18. The van der Waals surface area contributed by atoms with E-state index in [1.54, 1.807) is 0 Å². The van der Waals surface area contributed by atoms with E-state index in [0.717, 1.165) is 13.0 Å². The Bertz CT molecular complexity index is 505. The first-order valence-electron chi connectivity index (χ1n) is 6.42. The molecule has 2 aromatic heterocycles. The first kappa shape index (κ1) is 13.2. The molecule has 0 radical (unpaired) electrons. The van der Waals surface area contributed by atoms with Crippen LogP contribution in [-0.4, -0.2) is 11.5 Å². The molecule has 0 saturated heterocycles. The lowest BCUT2D eigenvalue weighted by atomic mass is 10.0. The van der Waals surface area contributed by atoms with Crippen molar-refractivity contribution in [1.82, 2.24) is 10.3 Å². The molecule has 0 aromatic carbocycles. The Hall–Kier alpha value is -1.19. The van der Waals surface area contributed by atoms with Crippen LogP contribution in [0.1, 0.15) is 40.3 Å². The zero-order valence-electron chi connectivity index (χ0n) is 11.2. The van der Waals surface area contributed by atoms with Crippen molar-refractivity contribution in [2.24, 2.45) is 0 Å². The minimum atomic E-state index is 0.298. The monoisotopic (exact) mass is 260 g/mol. The van der Waals surface area contributed by atoms with Gasteiger partial charge in [-0.05, 0) is 56.1 Å². The van der Waals surface area contributed by atoms with Crippen LogP contribution in [0.2, 0.25) is 0 Å². The number of aryl methyl sites for hydroxylation is 2. The molecule has 0 aliphatic rings. The Morgan fingerprint density at radius 1 is 1.28 bits per heavy atom. The zero-order chi connectivity index (χ0) is 13.0. The minimum Gasteiger partial charge on any atom is -0.306 e. The number of nitrogens with zero attached hydrogens (tertiary/aromatic N) is 1. The molecule has 0 aliphatic heterocycles. The Morgan fingerprint density at radius 2 is 2.11 bits per heavy atom. The molecule has 2 aromatic rings. The van der Waals surface area contributed by atoms with Crippen LogP contribution in [0.15, 0.2) is 30.6 Å². The summed E-state index contributed by atoms with van der Waals surface area (Å²) in [6.45, 7) is 7.51. The van der Waals surface area contributed by atoms with Crippen molar-refractivity contribution in [3.05, 3.63) is 51.5 Å². The summed E-state index contributed by atoms with van der Waals surface area (Å²) in [7, 11) is 0. The van der Waals surface area contributed by atoms with Gasteiger partial charge >= 0.3 is 0 Å². The lowest BCUT2D eigenvalue weighted by Crippen LogP contribution is -2.23. The normalized spacial score (nSPS) is 12.6. The molecule has 96 valence electrons. The second-order valence-corrected chi connectivity index (χ2v) is 5.89. The lowest BCUT2D eigenvalue weighted by molar-refractivity contribution is 0.603. The topological polar surface area (TPSA) is 24.9 Å². The molecule has 18 heavy (non-hydrogen) atoms. The number of rotatable bonds is 5. The third kappa shape index (κ3) is 2.98. The van der Waals surface area contributed by atoms with E-state index in [2.05, 4.69) is 49.3 Å². The van der Waals surface area contributed by atoms with Gasteiger partial charge in [0.25, 0.3) is 0 Å². The predicted molar refractivity (Wildman–Crippen MR) is 78.2 cm³/mol. The minimum absolute atomic E-state index is 0.298. The molecule has 2 rings (SSSR count). The van der Waals surface area contributed by atoms with E-state index in [9.17, 15) is 0 Å². The van der Waals surface area contributed by atoms with Crippen molar-refractivity contribution < 1.29 is 0 Å². The first-order chi connectivity index (χ1) is 8.72. The second-order valence-electron chi connectivity index (χ2n) is 4.57. The van der Waals surface area contributed by atoms with Gasteiger partial charge in [-0.3, -0.25) is 4.98 Å². The summed E-state index contributed by atoms with van der Waals surface area (Å²) >= 11 is 1.87. The van der Waals surface area contributed by atoms with Crippen LogP contribution in [0, 0.1) is 13.8 Å². The SMILES string of the molecule is CCCNC(c1ccc(C)s1)c1ccncc1C. The molecule has 0 spiro atoms. The molecule has 2 heterocycles. The average Bonchev–Trinajstić information content (AvgIpc) is 2.78. The van der Waals surface area contributed by atoms with E-state index in [-0.39, 0.29) is 0 Å². The largest absolute Gasteiger partial charge is 0.306 e. The Kier molecular flexibility index (Phi) is 4.50. The van der Waals surface area contributed by atoms with Crippen molar-refractivity contribution in [1.29, 1.82) is 0 Å². The second kappa shape index (κ2) is 6.12. The van der Waals surface area contributed by atoms with Gasteiger partial charge in [0.1, 0.15) is 0 Å². The predicted octanol–water partition coefficient (Wildman–Crippen LogP) is 3.85. The molecule has 0 bridgehead atoms. The maximum Gasteiger partial charge on any atom is 0.0674 e. The van der Waals surface area contributed by atoms with Crippen LogP contribution >= 0.6 is 11.3 Å². The molecular weight excluding hydrogens is 240 g/mol. The molecule has 1 unspecified atom stereocenters. The molecule has 0 fully saturated rings. The lowest BCUT2D eigenvalue weighted by Gasteiger charge is -2.19. The summed E-state index contributed by atoms with van der Waals surface area (Å²) in [6, 6.07) is 6.84. The van der Waals surface area contributed by atoms with Crippen LogP contribution in [0.5, 0.6) is 0 Å². The van der Waals surface area contributed by atoms with Crippen LogP contribution in [0.25, 0.3) is 0 Å². The fraction of sp³-hybridized carbons (Fsp3) is 0.400. The number of aromatic nitrogens is 1. The van der Waals surface area contributed by atoms with Gasteiger partial charge < -0.3 is 5.32 Å². The standard InChI is InChI=1S/C15H20N2S/c1-4-8-17-15(14-6-5-12(3)18-14)13-7-9-16-10-11(13)2/h5-7,9-10,15,17H,4,8H2,1-3H3. The van der Waals surface area contributed by atoms with Gasteiger partial charge in [-0.15, -0.1) is 11.3 Å². The summed E-state index contributed by atoms with van der Waals surface area (Å²) in [6.07, 6.45) is 4.96. The average molecular weight is 260 g/mol. The Balaban J connectivity index is 2.33. The van der Waals surface area contributed by atoms with Gasteiger partial charge in [0.15, 0.2) is 0 Å². The third-order valence-electron chi connectivity index (χ3n) is 3.02. The highest BCUT2D eigenvalue weighted by Gasteiger charge is 2.16. The van der Waals surface area contributed by atoms with E-state index < -0.39 is 0 Å². The first-order valence-corrected chi connectivity index (χ1v) is 7.24. The van der Waals surface area contributed by atoms with Crippen molar-refractivity contribution in [2.75, 3.05) is 6.54 Å². The number of nitrogens with one attached hydrogen (secondary N) is 1. The number of hydrogen-bond donors (Lipinski definition) is 1. The number of pyridine rings is 1. The molecule has 0 saturated carbocycles. The van der Waals surface area contributed by atoms with Gasteiger partial charge in [-0.25, -0.2) is 0 Å². The van der Waals surface area contributed by atoms with E-state index in [1.807, 2.05) is 23.7 Å². The molecular formula is C15H20N2S. The molecule has 2 nitrogen and oxygen atoms in total. The summed E-state index contributed by atoms with van der Waals surface area (Å²) in [5.41, 5.74) is 2.58. The Labute approximate surface area is 113 Å². The van der Waals surface area contributed by atoms with Crippen molar-refractivity contribution in [3.63, 3.8) is 0 Å². The molecule has 0 amide bonds. The summed E-state index contributed by atoms with van der Waals surface area (Å²) < 4.78 is 0. The summed E-state index contributed by atoms with van der Waals surface area (Å²) in [4.78, 5) is 6.93. The molecule has 1 N–H and O–H groups in total. The van der Waals surface area contributed by atoms with Crippen molar-refractivity contribution in [3.8, 4) is 0 Å². The van der Waals surface area contributed by atoms with Crippen molar-refractivity contribution in [2.45, 2.75) is 33.2 Å². The van der Waals surface area contributed by atoms with E-state index in [4.69, 9.17) is 0 Å². The summed E-state index contributed by atoms with van der Waals surface area (Å²) in [5.74, 6) is 0. The Morgan fingerprint density at radius 3 is 2.72 bits per heavy atom. The molecule has 0 aliphatic carbocycles. The van der Waals surface area contributed by atoms with E-state index in [1.165, 1.54) is 20.9 Å². The van der Waals surface area contributed by atoms with Crippen LogP contribution in [-0.2, 0) is 0 Å². The van der Waals surface area contributed by atoms with Crippen LogP contribution < -0.4 is 5.32 Å². The van der Waals surface area contributed by atoms with Gasteiger partial charge in [0.05, 0.1) is 6.04 Å². The van der Waals surface area contributed by atoms with Crippen molar-refractivity contribution >= 4 is 11.3 Å². The van der Waals surface area contributed by atoms with Crippen LogP contribution in [0.4, 0.5) is 0 Å². The maximum atomic E-state index is 4.18. The molecule has 1 atom stereocenters. The fourth-order valence-corrected chi connectivity index (χ4v) is 3.04. The highest BCUT2D eigenvalue weighted by Crippen LogP contribution is 2.29. The number of thiophene rings is 1. The summed E-state index contributed by atoms with van der Waals surface area (Å²) in [5, 5.41) is 3.64. The van der Waals surface area contributed by atoms with E-state index >= 15 is 0 Å². The van der Waals surface area contributed by atoms with Gasteiger partial charge in [-0.2, -0.15) is 0 Å². The highest BCUT2D eigenvalue weighted by atomic mass is 32.1. The molecule has 3 heteroatoms. The van der Waals surface area contributed by atoms with Gasteiger partial charge in [0.2, 0.25) is 0 Å². The third-order valence-corrected chi connectivity index (χ3v) is 4.08. The van der Waals surface area contributed by atoms with E-state index in [0.29, 0.717) is 6.04 Å². The number of hydrogen-bond acceptors (Lipinski definition) is 3. The fourth-order valence-electron chi connectivity index (χ4n) is 2.07. The highest BCUT2D eigenvalue weighted by molar-refractivity contribution is 7.12. The quantitative estimate of drug-likeness (QED) is 0.883. The van der Waals surface area contributed by atoms with Gasteiger partial charge in [-0.1, -0.05) is 6.92 Å². The zero-order valence-corrected chi connectivity index (χ0v) is 12.1. The smallest absolute Gasteiger partial charge is 0.0674 e. The van der Waals surface area contributed by atoms with Gasteiger partial charge in [0, 0.05) is 22.1 Å².